The molecule has 2 aromatic carbocycles. The topological polar surface area (TPSA) is 96.0 Å². The van der Waals surface area contributed by atoms with Gasteiger partial charge in [-0.15, -0.1) is 0 Å². The monoisotopic (exact) mass is 457 g/mol. The second kappa shape index (κ2) is 10.4. The molecule has 1 unspecified atom stereocenters. The van der Waals surface area contributed by atoms with Gasteiger partial charge >= 0.3 is 6.09 Å². The summed E-state index contributed by atoms with van der Waals surface area (Å²) in [5, 5.41) is 2.58. The van der Waals surface area contributed by atoms with E-state index in [1.54, 1.807) is 4.90 Å². The molecule has 2 aromatic rings. The SMILES string of the molecule is C=CC(=O)Nc1ccc(S(=O)(=O)N2CCN(C(=O)OCc3ccccc3)C(CC)C2)cc1. The fourth-order valence-corrected chi connectivity index (χ4v) is 4.96. The van der Waals surface area contributed by atoms with Gasteiger partial charge in [0, 0.05) is 31.4 Å². The Kier molecular flexibility index (Phi) is 7.66. The Morgan fingerprint density at radius 3 is 2.44 bits per heavy atom. The molecule has 0 bridgehead atoms. The number of sulfonamides is 1. The van der Waals surface area contributed by atoms with Crippen LogP contribution in [0.2, 0.25) is 0 Å². The van der Waals surface area contributed by atoms with Crippen molar-refractivity contribution in [2.24, 2.45) is 0 Å². The molecule has 0 aliphatic carbocycles. The van der Waals surface area contributed by atoms with Crippen LogP contribution < -0.4 is 5.32 Å². The van der Waals surface area contributed by atoms with E-state index in [4.69, 9.17) is 4.74 Å². The summed E-state index contributed by atoms with van der Waals surface area (Å²) in [6.07, 6.45) is 1.29. The van der Waals surface area contributed by atoms with Gasteiger partial charge < -0.3 is 15.0 Å². The van der Waals surface area contributed by atoms with Crippen molar-refractivity contribution in [1.29, 1.82) is 0 Å². The van der Waals surface area contributed by atoms with Gasteiger partial charge in [-0.2, -0.15) is 4.31 Å². The minimum atomic E-state index is -3.74. The number of anilines is 1. The Morgan fingerprint density at radius 1 is 1.12 bits per heavy atom. The van der Waals surface area contributed by atoms with E-state index in [9.17, 15) is 18.0 Å². The van der Waals surface area contributed by atoms with Crippen molar-refractivity contribution >= 4 is 27.7 Å². The molecule has 32 heavy (non-hydrogen) atoms. The highest BCUT2D eigenvalue weighted by atomic mass is 32.2. The normalized spacial score (nSPS) is 16.9. The summed E-state index contributed by atoms with van der Waals surface area (Å²) in [7, 11) is -3.74. The molecule has 3 rings (SSSR count). The van der Waals surface area contributed by atoms with E-state index in [0.29, 0.717) is 12.1 Å². The number of nitrogens with one attached hydrogen (secondary N) is 1. The molecule has 1 aliphatic heterocycles. The number of carbonyl (C=O) groups excluding carboxylic acids is 2. The Bertz CT molecular complexity index is 1050. The third-order valence-electron chi connectivity index (χ3n) is 5.30. The standard InChI is InChI=1S/C23H27N3O5S/c1-3-20-16-25(14-15-26(20)23(28)31-17-18-8-6-5-7-9-18)32(29,30)21-12-10-19(11-13-21)24-22(27)4-2/h4-13,20H,2-3,14-17H2,1H3,(H,24,27). The minimum Gasteiger partial charge on any atom is -0.445 e. The number of hydrogen-bond donors (Lipinski definition) is 1. The highest BCUT2D eigenvalue weighted by molar-refractivity contribution is 7.89. The average Bonchev–Trinajstić information content (AvgIpc) is 2.83. The fourth-order valence-electron chi connectivity index (χ4n) is 3.49. The summed E-state index contributed by atoms with van der Waals surface area (Å²) < 4.78 is 33.1. The van der Waals surface area contributed by atoms with Crippen LogP contribution in [0.1, 0.15) is 18.9 Å². The van der Waals surface area contributed by atoms with E-state index < -0.39 is 16.1 Å². The lowest BCUT2D eigenvalue weighted by Gasteiger charge is -2.39. The average molecular weight is 458 g/mol. The smallest absolute Gasteiger partial charge is 0.410 e. The van der Waals surface area contributed by atoms with E-state index >= 15 is 0 Å². The maximum absolute atomic E-state index is 13.1. The number of hydrogen-bond acceptors (Lipinski definition) is 5. The van der Waals surface area contributed by atoms with Crippen molar-refractivity contribution in [3.05, 3.63) is 72.8 Å². The first-order chi connectivity index (χ1) is 15.3. The molecule has 1 heterocycles. The van der Waals surface area contributed by atoms with E-state index in [-0.39, 0.29) is 43.1 Å². The number of carbonyl (C=O) groups is 2. The van der Waals surface area contributed by atoms with Crippen molar-refractivity contribution in [3.63, 3.8) is 0 Å². The van der Waals surface area contributed by atoms with Crippen molar-refractivity contribution in [2.75, 3.05) is 25.0 Å². The van der Waals surface area contributed by atoms with Gasteiger partial charge in [0.05, 0.1) is 4.90 Å². The zero-order chi connectivity index (χ0) is 23.1. The molecule has 2 amide bonds. The zero-order valence-corrected chi connectivity index (χ0v) is 18.8. The molecule has 1 N–H and O–H groups in total. The Morgan fingerprint density at radius 2 is 1.81 bits per heavy atom. The third-order valence-corrected chi connectivity index (χ3v) is 7.18. The summed E-state index contributed by atoms with van der Waals surface area (Å²) in [5.74, 6) is -0.373. The van der Waals surface area contributed by atoms with E-state index in [0.717, 1.165) is 11.6 Å². The van der Waals surface area contributed by atoms with Crippen LogP contribution in [0, 0.1) is 0 Å². The van der Waals surface area contributed by atoms with Gasteiger partial charge in [-0.3, -0.25) is 4.79 Å². The number of amides is 2. The van der Waals surface area contributed by atoms with Gasteiger partial charge in [0.25, 0.3) is 0 Å². The predicted octanol–water partition coefficient (Wildman–Crippen LogP) is 3.23. The minimum absolute atomic E-state index is 0.129. The quantitative estimate of drug-likeness (QED) is 0.644. The Labute approximate surface area is 188 Å². The van der Waals surface area contributed by atoms with Gasteiger partial charge in [-0.25, -0.2) is 13.2 Å². The van der Waals surface area contributed by atoms with Crippen LogP contribution in [0.5, 0.6) is 0 Å². The largest absolute Gasteiger partial charge is 0.445 e. The van der Waals surface area contributed by atoms with Gasteiger partial charge in [0.2, 0.25) is 15.9 Å². The summed E-state index contributed by atoms with van der Waals surface area (Å²) in [5.41, 5.74) is 1.37. The van der Waals surface area contributed by atoms with Gasteiger partial charge in [-0.1, -0.05) is 43.8 Å². The molecule has 8 nitrogen and oxygen atoms in total. The molecular weight excluding hydrogens is 430 g/mol. The van der Waals surface area contributed by atoms with Gasteiger partial charge in [-0.05, 0) is 42.3 Å². The first kappa shape index (κ1) is 23.5. The third kappa shape index (κ3) is 5.54. The molecule has 170 valence electrons. The lowest BCUT2D eigenvalue weighted by molar-refractivity contribution is -0.111. The Hall–Kier alpha value is -3.17. The fraction of sp³-hybridized carbons (Fsp3) is 0.304. The van der Waals surface area contributed by atoms with Gasteiger partial charge in [0.1, 0.15) is 6.61 Å². The number of piperazine rings is 1. The molecule has 1 fully saturated rings. The molecule has 1 atom stereocenters. The van der Waals surface area contributed by atoms with Crippen LogP contribution in [0.25, 0.3) is 0 Å². The number of nitrogens with zero attached hydrogens (tertiary/aromatic N) is 2. The van der Waals surface area contributed by atoms with Crippen LogP contribution in [-0.4, -0.2) is 55.3 Å². The van der Waals surface area contributed by atoms with Crippen LogP contribution in [-0.2, 0) is 26.2 Å². The molecule has 1 aliphatic rings. The van der Waals surface area contributed by atoms with Crippen LogP contribution >= 0.6 is 0 Å². The lowest BCUT2D eigenvalue weighted by atomic mass is 10.1. The summed E-state index contributed by atoms with van der Waals surface area (Å²) in [6.45, 7) is 6.08. The maximum atomic E-state index is 13.1. The summed E-state index contributed by atoms with van der Waals surface area (Å²) >= 11 is 0. The molecule has 0 saturated carbocycles. The number of rotatable bonds is 7. The molecular formula is C23H27N3O5S. The van der Waals surface area contributed by atoms with Crippen molar-refractivity contribution in [3.8, 4) is 0 Å². The van der Waals surface area contributed by atoms with Crippen molar-refractivity contribution < 1.29 is 22.7 Å². The lowest BCUT2D eigenvalue weighted by Crippen LogP contribution is -2.56. The number of ether oxygens (including phenoxy) is 1. The van der Waals surface area contributed by atoms with Crippen LogP contribution in [0.3, 0.4) is 0 Å². The Balaban J connectivity index is 1.64. The van der Waals surface area contributed by atoms with Crippen molar-refractivity contribution in [2.45, 2.75) is 30.9 Å². The summed E-state index contributed by atoms with van der Waals surface area (Å²) in [4.78, 5) is 25.7. The first-order valence-electron chi connectivity index (χ1n) is 10.4. The first-order valence-corrected chi connectivity index (χ1v) is 11.8. The van der Waals surface area contributed by atoms with Crippen molar-refractivity contribution in [1.82, 2.24) is 9.21 Å². The highest BCUT2D eigenvalue weighted by Crippen LogP contribution is 2.23. The zero-order valence-electron chi connectivity index (χ0n) is 17.9. The summed E-state index contributed by atoms with van der Waals surface area (Å²) in [6, 6.07) is 15.1. The maximum Gasteiger partial charge on any atom is 0.410 e. The predicted molar refractivity (Wildman–Crippen MR) is 121 cm³/mol. The highest BCUT2D eigenvalue weighted by Gasteiger charge is 2.36. The van der Waals surface area contributed by atoms with E-state index in [2.05, 4.69) is 11.9 Å². The molecule has 0 radical (unpaired) electrons. The molecule has 0 spiro atoms. The van der Waals surface area contributed by atoms with E-state index in [1.807, 2.05) is 37.3 Å². The van der Waals surface area contributed by atoms with Crippen LogP contribution in [0.15, 0.2) is 72.1 Å². The molecule has 9 heteroatoms. The second-order valence-electron chi connectivity index (χ2n) is 7.38. The second-order valence-corrected chi connectivity index (χ2v) is 9.31. The number of benzene rings is 2. The molecule has 1 saturated heterocycles. The van der Waals surface area contributed by atoms with Crippen LogP contribution in [0.4, 0.5) is 10.5 Å². The van der Waals surface area contributed by atoms with E-state index in [1.165, 1.54) is 28.6 Å². The van der Waals surface area contributed by atoms with Gasteiger partial charge in [0.15, 0.2) is 0 Å². The molecule has 0 aromatic heterocycles.